The van der Waals surface area contributed by atoms with Crippen LogP contribution in [0, 0.1) is 10.1 Å². The fourth-order valence-corrected chi connectivity index (χ4v) is 1.02. The molecule has 0 saturated carbocycles. The van der Waals surface area contributed by atoms with Crippen molar-refractivity contribution in [3.05, 3.63) is 33.1 Å². The largest absolute Gasteiger partial charge is 0.355 e. The van der Waals surface area contributed by atoms with E-state index in [1.165, 1.54) is 7.05 Å². The molecule has 0 aromatic carbocycles. The molecule has 1 N–H and O–H groups in total. The Kier molecular flexibility index (Phi) is 2.98. The predicted octanol–water partition coefficient (Wildman–Crippen LogP) is 1.00. The number of nitrogens with zero attached hydrogens (tertiary/aromatic N) is 2. The van der Waals surface area contributed by atoms with Crippen LogP contribution in [0.3, 0.4) is 0 Å². The van der Waals surface area contributed by atoms with Crippen LogP contribution in [-0.2, 0) is 0 Å². The molecule has 74 valence electrons. The summed E-state index contributed by atoms with van der Waals surface area (Å²) in [7, 11) is 1.40. The Labute approximate surface area is 84.0 Å². The third-order valence-corrected chi connectivity index (χ3v) is 1.81. The molecule has 6 nitrogen and oxygen atoms in total. The Morgan fingerprint density at radius 1 is 1.71 bits per heavy atom. The van der Waals surface area contributed by atoms with E-state index in [0.717, 1.165) is 12.3 Å². The lowest BCUT2D eigenvalue weighted by atomic mass is 10.2. The first-order chi connectivity index (χ1) is 6.56. The van der Waals surface area contributed by atoms with Crippen molar-refractivity contribution in [3.63, 3.8) is 0 Å². The minimum Gasteiger partial charge on any atom is -0.355 e. The van der Waals surface area contributed by atoms with Crippen LogP contribution in [0.1, 0.15) is 10.4 Å². The number of hydrogen-bond donors (Lipinski definition) is 1. The molecular formula is C7H6ClN3O3. The molecule has 0 atom stereocenters. The summed E-state index contributed by atoms with van der Waals surface area (Å²) in [6, 6.07) is 1.08. The Bertz CT molecular complexity index is 394. The lowest BCUT2D eigenvalue weighted by molar-refractivity contribution is -0.385. The van der Waals surface area contributed by atoms with Crippen molar-refractivity contribution >= 4 is 23.2 Å². The van der Waals surface area contributed by atoms with Crippen LogP contribution in [-0.4, -0.2) is 22.9 Å². The second-order valence-corrected chi connectivity index (χ2v) is 2.73. The van der Waals surface area contributed by atoms with E-state index < -0.39 is 10.8 Å². The minimum absolute atomic E-state index is 0.0108. The van der Waals surface area contributed by atoms with Gasteiger partial charge >= 0.3 is 0 Å². The molecule has 14 heavy (non-hydrogen) atoms. The number of halogens is 1. The summed E-state index contributed by atoms with van der Waals surface area (Å²) in [5.41, 5.74) is -0.281. The first kappa shape index (κ1) is 10.4. The van der Waals surface area contributed by atoms with E-state index in [2.05, 4.69) is 10.3 Å². The maximum absolute atomic E-state index is 11.2. The third-order valence-electron chi connectivity index (χ3n) is 1.51. The van der Waals surface area contributed by atoms with Gasteiger partial charge in [-0.3, -0.25) is 14.9 Å². The van der Waals surface area contributed by atoms with Gasteiger partial charge in [0.05, 0.1) is 10.5 Å². The standard InChI is InChI=1S/C7H6ClN3O3/c1-9-7(12)5-2-4(11(13)14)3-10-6(5)8/h2-3H,1H3,(H,9,12). The second-order valence-electron chi connectivity index (χ2n) is 2.37. The third kappa shape index (κ3) is 1.97. The summed E-state index contributed by atoms with van der Waals surface area (Å²) in [6.07, 6.45) is 0.995. The lowest BCUT2D eigenvalue weighted by Crippen LogP contribution is -2.18. The molecule has 0 radical (unpaired) electrons. The Balaban J connectivity index is 3.21. The van der Waals surface area contributed by atoms with Gasteiger partial charge in [0.1, 0.15) is 11.3 Å². The van der Waals surface area contributed by atoms with Gasteiger partial charge in [-0.05, 0) is 0 Å². The zero-order valence-electron chi connectivity index (χ0n) is 7.15. The van der Waals surface area contributed by atoms with Gasteiger partial charge < -0.3 is 5.32 Å². The number of hydrogen-bond acceptors (Lipinski definition) is 4. The monoisotopic (exact) mass is 215 g/mol. The Hall–Kier alpha value is -1.69. The summed E-state index contributed by atoms with van der Waals surface area (Å²) < 4.78 is 0. The summed E-state index contributed by atoms with van der Waals surface area (Å²) in [6.45, 7) is 0. The van der Waals surface area contributed by atoms with Gasteiger partial charge in [0.25, 0.3) is 11.6 Å². The average molecular weight is 216 g/mol. The first-order valence-corrected chi connectivity index (χ1v) is 3.96. The highest BCUT2D eigenvalue weighted by Gasteiger charge is 2.15. The van der Waals surface area contributed by atoms with Crippen molar-refractivity contribution in [2.75, 3.05) is 7.05 Å². The quantitative estimate of drug-likeness (QED) is 0.453. The van der Waals surface area contributed by atoms with E-state index in [1.807, 2.05) is 0 Å². The van der Waals surface area contributed by atoms with Crippen molar-refractivity contribution < 1.29 is 9.72 Å². The average Bonchev–Trinajstić information content (AvgIpc) is 2.17. The number of carbonyl (C=O) groups is 1. The molecule has 0 saturated heterocycles. The van der Waals surface area contributed by atoms with E-state index in [0.29, 0.717) is 0 Å². The van der Waals surface area contributed by atoms with E-state index in [1.54, 1.807) is 0 Å². The molecule has 1 rings (SSSR count). The maximum atomic E-state index is 11.2. The van der Waals surface area contributed by atoms with Crippen molar-refractivity contribution in [2.45, 2.75) is 0 Å². The van der Waals surface area contributed by atoms with Crippen molar-refractivity contribution in [2.24, 2.45) is 0 Å². The molecule has 0 fully saturated rings. The van der Waals surface area contributed by atoms with Crippen LogP contribution in [0.25, 0.3) is 0 Å². The van der Waals surface area contributed by atoms with Crippen LogP contribution in [0.4, 0.5) is 5.69 Å². The number of aromatic nitrogens is 1. The molecule has 0 unspecified atom stereocenters. The zero-order valence-corrected chi connectivity index (χ0v) is 7.91. The van der Waals surface area contributed by atoms with Crippen LogP contribution in [0.2, 0.25) is 5.15 Å². The van der Waals surface area contributed by atoms with Gasteiger partial charge in [0, 0.05) is 13.1 Å². The van der Waals surface area contributed by atoms with Crippen LogP contribution >= 0.6 is 11.6 Å². The van der Waals surface area contributed by atoms with Gasteiger partial charge in [-0.25, -0.2) is 4.98 Å². The number of nitro groups is 1. The van der Waals surface area contributed by atoms with Gasteiger partial charge in [-0.2, -0.15) is 0 Å². The molecule has 0 spiro atoms. The van der Waals surface area contributed by atoms with Crippen LogP contribution in [0.5, 0.6) is 0 Å². The minimum atomic E-state index is -0.643. The maximum Gasteiger partial charge on any atom is 0.288 e. The Morgan fingerprint density at radius 2 is 2.36 bits per heavy atom. The van der Waals surface area contributed by atoms with E-state index in [9.17, 15) is 14.9 Å². The van der Waals surface area contributed by atoms with E-state index in [4.69, 9.17) is 11.6 Å². The first-order valence-electron chi connectivity index (χ1n) is 3.58. The molecule has 0 aliphatic carbocycles. The molecule has 0 aliphatic heterocycles. The summed E-state index contributed by atoms with van der Waals surface area (Å²) >= 11 is 5.58. The smallest absolute Gasteiger partial charge is 0.288 e. The summed E-state index contributed by atoms with van der Waals surface area (Å²) in [4.78, 5) is 24.4. The number of nitrogens with one attached hydrogen (secondary N) is 1. The summed E-state index contributed by atoms with van der Waals surface area (Å²) in [5, 5.41) is 12.6. The Morgan fingerprint density at radius 3 is 2.86 bits per heavy atom. The normalized spacial score (nSPS) is 9.57. The van der Waals surface area contributed by atoms with Gasteiger partial charge in [-0.15, -0.1) is 0 Å². The molecule has 1 aromatic rings. The van der Waals surface area contributed by atoms with Gasteiger partial charge in [0.2, 0.25) is 0 Å². The van der Waals surface area contributed by atoms with Crippen LogP contribution in [0.15, 0.2) is 12.3 Å². The molecule has 0 bridgehead atoms. The predicted molar refractivity (Wildman–Crippen MR) is 49.3 cm³/mol. The molecule has 0 aliphatic rings. The molecule has 1 heterocycles. The highest BCUT2D eigenvalue weighted by molar-refractivity contribution is 6.32. The van der Waals surface area contributed by atoms with Crippen LogP contribution < -0.4 is 5.32 Å². The summed E-state index contributed by atoms with van der Waals surface area (Å²) in [5.74, 6) is -0.508. The second kappa shape index (κ2) is 4.01. The highest BCUT2D eigenvalue weighted by Crippen LogP contribution is 2.18. The zero-order chi connectivity index (χ0) is 10.7. The number of amides is 1. The van der Waals surface area contributed by atoms with Crippen molar-refractivity contribution in [1.29, 1.82) is 0 Å². The molecular weight excluding hydrogens is 210 g/mol. The molecule has 1 aromatic heterocycles. The van der Waals surface area contributed by atoms with Gasteiger partial charge in [-0.1, -0.05) is 11.6 Å². The highest BCUT2D eigenvalue weighted by atomic mass is 35.5. The fraction of sp³-hybridized carbons (Fsp3) is 0.143. The van der Waals surface area contributed by atoms with Gasteiger partial charge in [0.15, 0.2) is 0 Å². The number of rotatable bonds is 2. The van der Waals surface area contributed by atoms with Crippen molar-refractivity contribution in [3.8, 4) is 0 Å². The number of pyridine rings is 1. The topological polar surface area (TPSA) is 85.1 Å². The SMILES string of the molecule is CNC(=O)c1cc([N+](=O)[O-])cnc1Cl. The van der Waals surface area contributed by atoms with E-state index >= 15 is 0 Å². The van der Waals surface area contributed by atoms with Crippen molar-refractivity contribution in [1.82, 2.24) is 10.3 Å². The molecule has 7 heteroatoms. The molecule has 1 amide bonds. The lowest BCUT2D eigenvalue weighted by Gasteiger charge is -2.00. The van der Waals surface area contributed by atoms with E-state index in [-0.39, 0.29) is 16.4 Å². The number of carbonyl (C=O) groups excluding carboxylic acids is 1. The fourth-order valence-electron chi connectivity index (χ4n) is 0.831.